The molecule has 1 unspecified atom stereocenters. The molecule has 112 valence electrons. The lowest BCUT2D eigenvalue weighted by Gasteiger charge is -2.21. The molecule has 0 aliphatic carbocycles. The predicted octanol–water partition coefficient (Wildman–Crippen LogP) is 3.76. The van der Waals surface area contributed by atoms with Crippen LogP contribution in [-0.2, 0) is 4.74 Å². The van der Waals surface area contributed by atoms with Crippen molar-refractivity contribution in [1.29, 1.82) is 0 Å². The van der Waals surface area contributed by atoms with Crippen molar-refractivity contribution in [2.24, 2.45) is 0 Å². The Morgan fingerprint density at radius 1 is 1.45 bits per heavy atom. The summed E-state index contributed by atoms with van der Waals surface area (Å²) >= 11 is 2.06. The van der Waals surface area contributed by atoms with Gasteiger partial charge in [0.1, 0.15) is 11.4 Å². The van der Waals surface area contributed by atoms with Crippen molar-refractivity contribution in [2.45, 2.75) is 39.3 Å². The average Bonchev–Trinajstić information content (AvgIpc) is 2.28. The number of carbonyl (C=O) groups excluding carboxylic acids is 1. The Morgan fingerprint density at radius 2 is 2.10 bits per heavy atom. The van der Waals surface area contributed by atoms with Crippen LogP contribution in [0.1, 0.15) is 27.7 Å². The predicted molar refractivity (Wildman–Crippen MR) is 86.4 cm³/mol. The van der Waals surface area contributed by atoms with Gasteiger partial charge in [-0.2, -0.15) is 0 Å². The van der Waals surface area contributed by atoms with Crippen LogP contribution in [0.5, 0.6) is 0 Å². The van der Waals surface area contributed by atoms with Gasteiger partial charge in [0.25, 0.3) is 0 Å². The van der Waals surface area contributed by atoms with Gasteiger partial charge in [0.2, 0.25) is 0 Å². The number of hydrogen-bond acceptors (Lipinski definition) is 3. The second-order valence-electron chi connectivity index (χ2n) is 5.55. The Labute approximate surface area is 132 Å². The summed E-state index contributed by atoms with van der Waals surface area (Å²) in [7, 11) is 0. The van der Waals surface area contributed by atoms with Crippen LogP contribution in [0.2, 0.25) is 0 Å². The third-order valence-corrected chi connectivity index (χ3v) is 3.18. The number of amides is 1. The molecule has 6 heteroatoms. The van der Waals surface area contributed by atoms with Gasteiger partial charge in [-0.15, -0.1) is 0 Å². The summed E-state index contributed by atoms with van der Waals surface area (Å²) in [6.07, 6.45) is -0.444. The van der Waals surface area contributed by atoms with E-state index >= 15 is 0 Å². The number of halogens is 2. The topological polar surface area (TPSA) is 50.4 Å². The summed E-state index contributed by atoms with van der Waals surface area (Å²) in [6.45, 7) is 7.79. The fourth-order valence-corrected chi connectivity index (χ4v) is 2.11. The maximum Gasteiger partial charge on any atom is 0.407 e. The Balaban J connectivity index is 2.44. The van der Waals surface area contributed by atoms with Crippen molar-refractivity contribution in [1.82, 2.24) is 5.32 Å². The molecule has 0 saturated carbocycles. The number of ether oxygens (including phenoxy) is 1. The molecule has 4 nitrogen and oxygen atoms in total. The lowest BCUT2D eigenvalue weighted by Crippen LogP contribution is -2.38. The molecule has 0 spiro atoms. The van der Waals surface area contributed by atoms with E-state index in [9.17, 15) is 9.18 Å². The highest BCUT2D eigenvalue weighted by Crippen LogP contribution is 2.19. The molecule has 1 atom stereocenters. The van der Waals surface area contributed by atoms with E-state index in [1.165, 1.54) is 12.1 Å². The van der Waals surface area contributed by atoms with Gasteiger partial charge in [-0.1, -0.05) is 0 Å². The minimum atomic E-state index is -0.507. The zero-order chi connectivity index (χ0) is 15.3. The molecular formula is C14H20FIN2O2. The van der Waals surface area contributed by atoms with Crippen molar-refractivity contribution in [3.8, 4) is 0 Å². The summed E-state index contributed by atoms with van der Waals surface area (Å²) in [5.41, 5.74) is 0.332. The molecule has 0 aliphatic rings. The van der Waals surface area contributed by atoms with Gasteiger partial charge in [0.05, 0.1) is 0 Å². The van der Waals surface area contributed by atoms with Crippen LogP contribution >= 0.6 is 22.6 Å². The number of carbonyl (C=O) groups is 1. The van der Waals surface area contributed by atoms with Crippen LogP contribution in [0.25, 0.3) is 0 Å². The van der Waals surface area contributed by atoms with Gasteiger partial charge in [0.15, 0.2) is 0 Å². The summed E-state index contributed by atoms with van der Waals surface area (Å²) in [5.74, 6) is -0.264. The van der Waals surface area contributed by atoms with Crippen molar-refractivity contribution in [3.05, 3.63) is 27.6 Å². The first kappa shape index (κ1) is 17.0. The molecule has 0 heterocycles. The second-order valence-corrected chi connectivity index (χ2v) is 6.71. The number of nitrogens with one attached hydrogen (secondary N) is 2. The monoisotopic (exact) mass is 394 g/mol. The van der Waals surface area contributed by atoms with Crippen molar-refractivity contribution in [3.63, 3.8) is 0 Å². The highest BCUT2D eigenvalue weighted by Gasteiger charge is 2.16. The van der Waals surface area contributed by atoms with Gasteiger partial charge >= 0.3 is 6.09 Å². The van der Waals surface area contributed by atoms with Gasteiger partial charge < -0.3 is 15.4 Å². The minimum Gasteiger partial charge on any atom is -0.444 e. The van der Waals surface area contributed by atoms with Crippen LogP contribution in [0.15, 0.2) is 18.2 Å². The molecule has 2 N–H and O–H groups in total. The SMILES string of the molecule is CC(CNC(=O)OC(C)(C)C)Nc1ccc(F)cc1I. The molecule has 0 radical (unpaired) electrons. The molecule has 0 saturated heterocycles. The Hall–Kier alpha value is -1.05. The molecule has 1 rings (SSSR count). The molecule has 0 fully saturated rings. The van der Waals surface area contributed by atoms with E-state index in [-0.39, 0.29) is 11.9 Å². The highest BCUT2D eigenvalue weighted by atomic mass is 127. The molecule has 1 amide bonds. The third-order valence-electron chi connectivity index (χ3n) is 2.28. The molecular weight excluding hydrogens is 374 g/mol. The Morgan fingerprint density at radius 3 is 2.65 bits per heavy atom. The van der Waals surface area contributed by atoms with E-state index in [1.807, 2.05) is 27.7 Å². The second kappa shape index (κ2) is 7.10. The Kier molecular flexibility index (Phi) is 6.04. The van der Waals surface area contributed by atoms with E-state index in [0.717, 1.165) is 9.26 Å². The van der Waals surface area contributed by atoms with E-state index in [2.05, 4.69) is 33.2 Å². The van der Waals surface area contributed by atoms with Gasteiger partial charge in [0, 0.05) is 21.8 Å². The average molecular weight is 394 g/mol. The number of benzene rings is 1. The van der Waals surface area contributed by atoms with E-state index in [4.69, 9.17) is 4.74 Å². The third kappa shape index (κ3) is 6.40. The lowest BCUT2D eigenvalue weighted by molar-refractivity contribution is 0.0526. The quantitative estimate of drug-likeness (QED) is 0.765. The molecule has 1 aromatic carbocycles. The van der Waals surface area contributed by atoms with Crippen LogP contribution in [0.3, 0.4) is 0 Å². The van der Waals surface area contributed by atoms with E-state index in [1.54, 1.807) is 6.07 Å². The minimum absolute atomic E-state index is 0.00138. The van der Waals surface area contributed by atoms with Crippen LogP contribution in [0.4, 0.5) is 14.9 Å². The first-order valence-corrected chi connectivity index (χ1v) is 7.43. The summed E-state index contributed by atoms with van der Waals surface area (Å²) in [4.78, 5) is 11.5. The zero-order valence-corrected chi connectivity index (χ0v) is 14.2. The first-order chi connectivity index (χ1) is 9.17. The maximum atomic E-state index is 13.0. The number of rotatable bonds is 4. The Bertz CT molecular complexity index is 475. The molecule has 1 aromatic rings. The van der Waals surface area contributed by atoms with E-state index < -0.39 is 11.7 Å². The van der Waals surface area contributed by atoms with Crippen LogP contribution < -0.4 is 10.6 Å². The fourth-order valence-electron chi connectivity index (χ4n) is 1.47. The first-order valence-electron chi connectivity index (χ1n) is 6.36. The van der Waals surface area contributed by atoms with Crippen LogP contribution in [-0.4, -0.2) is 24.3 Å². The maximum absolute atomic E-state index is 13.0. The molecule has 20 heavy (non-hydrogen) atoms. The highest BCUT2D eigenvalue weighted by molar-refractivity contribution is 14.1. The number of hydrogen-bond donors (Lipinski definition) is 2. The number of alkyl carbamates (subject to hydrolysis) is 1. The van der Waals surface area contributed by atoms with Crippen molar-refractivity contribution >= 4 is 34.4 Å². The summed E-state index contributed by atoms with van der Waals surface area (Å²) in [6, 6.07) is 4.54. The molecule has 0 aromatic heterocycles. The molecule has 0 aliphatic heterocycles. The summed E-state index contributed by atoms with van der Waals surface area (Å²) < 4.78 is 18.9. The number of anilines is 1. The van der Waals surface area contributed by atoms with Gasteiger partial charge in [-0.3, -0.25) is 0 Å². The van der Waals surface area contributed by atoms with Gasteiger partial charge in [-0.25, -0.2) is 9.18 Å². The van der Waals surface area contributed by atoms with Crippen molar-refractivity contribution < 1.29 is 13.9 Å². The summed E-state index contributed by atoms with van der Waals surface area (Å²) in [5, 5.41) is 5.90. The zero-order valence-electron chi connectivity index (χ0n) is 12.1. The fraction of sp³-hybridized carbons (Fsp3) is 0.500. The molecule has 0 bridgehead atoms. The largest absolute Gasteiger partial charge is 0.444 e. The standard InChI is InChI=1S/C14H20FIN2O2/c1-9(8-17-13(19)20-14(2,3)4)18-12-6-5-10(15)7-11(12)16/h5-7,9,18H,8H2,1-4H3,(H,17,19). The van der Waals surface area contributed by atoms with Gasteiger partial charge in [-0.05, 0) is 68.5 Å². The van der Waals surface area contributed by atoms with Crippen molar-refractivity contribution in [2.75, 3.05) is 11.9 Å². The normalized spacial score (nSPS) is 12.7. The van der Waals surface area contributed by atoms with Crippen LogP contribution in [0, 0.1) is 9.39 Å². The lowest BCUT2D eigenvalue weighted by atomic mass is 10.2. The smallest absolute Gasteiger partial charge is 0.407 e. The van der Waals surface area contributed by atoms with E-state index in [0.29, 0.717) is 6.54 Å².